The van der Waals surface area contributed by atoms with Gasteiger partial charge in [-0.05, 0) is 12.5 Å². The summed E-state index contributed by atoms with van der Waals surface area (Å²) in [5.41, 5.74) is 6.49. The summed E-state index contributed by atoms with van der Waals surface area (Å²) in [6, 6.07) is 10.0. The van der Waals surface area contributed by atoms with Crippen LogP contribution < -0.4 is 11.1 Å². The summed E-state index contributed by atoms with van der Waals surface area (Å²) in [5.74, 6) is 0. The second-order valence-electron chi connectivity index (χ2n) is 4.98. The summed E-state index contributed by atoms with van der Waals surface area (Å²) in [6.45, 7) is 6.89. The standard InChI is InChI=1S/C14H22N4O/c1-12(16-14(15)19)18-9-7-17(8-10-18)11-13-5-3-2-4-6-13/h2-6,12H,7-11H2,1H3,(H3,15,16,19). The largest absolute Gasteiger partial charge is 0.352 e. The van der Waals surface area contributed by atoms with Gasteiger partial charge in [-0.15, -0.1) is 0 Å². The van der Waals surface area contributed by atoms with Crippen LogP contribution in [-0.4, -0.2) is 48.2 Å². The van der Waals surface area contributed by atoms with Gasteiger partial charge in [0, 0.05) is 32.7 Å². The number of benzene rings is 1. The van der Waals surface area contributed by atoms with E-state index in [9.17, 15) is 4.79 Å². The average molecular weight is 262 g/mol. The highest BCUT2D eigenvalue weighted by atomic mass is 16.2. The monoisotopic (exact) mass is 262 g/mol. The zero-order valence-corrected chi connectivity index (χ0v) is 11.4. The fourth-order valence-electron chi connectivity index (χ4n) is 2.45. The zero-order valence-electron chi connectivity index (χ0n) is 11.4. The molecule has 1 unspecified atom stereocenters. The lowest BCUT2D eigenvalue weighted by atomic mass is 10.2. The SMILES string of the molecule is CC(NC(N)=O)N1CCN(Cc2ccccc2)CC1. The van der Waals surface area contributed by atoms with Crippen LogP contribution in [0.4, 0.5) is 4.79 Å². The second-order valence-corrected chi connectivity index (χ2v) is 4.98. The first kappa shape index (κ1) is 13.8. The minimum Gasteiger partial charge on any atom is -0.352 e. The van der Waals surface area contributed by atoms with E-state index in [0.717, 1.165) is 32.7 Å². The van der Waals surface area contributed by atoms with E-state index in [4.69, 9.17) is 5.73 Å². The molecular formula is C14H22N4O. The molecule has 19 heavy (non-hydrogen) atoms. The Labute approximate surface area is 114 Å². The number of hydrogen-bond acceptors (Lipinski definition) is 3. The number of nitrogens with one attached hydrogen (secondary N) is 1. The molecule has 2 amide bonds. The first-order valence-corrected chi connectivity index (χ1v) is 6.71. The molecule has 0 saturated carbocycles. The van der Waals surface area contributed by atoms with Gasteiger partial charge in [0.05, 0.1) is 6.17 Å². The average Bonchev–Trinajstić information content (AvgIpc) is 2.40. The molecule has 1 heterocycles. The minimum atomic E-state index is -0.459. The van der Waals surface area contributed by atoms with E-state index in [1.807, 2.05) is 13.0 Å². The lowest BCUT2D eigenvalue weighted by Crippen LogP contribution is -2.55. The number of urea groups is 1. The Kier molecular flexibility index (Phi) is 4.76. The molecule has 1 saturated heterocycles. The molecule has 5 nitrogen and oxygen atoms in total. The maximum atomic E-state index is 10.8. The van der Waals surface area contributed by atoms with Gasteiger partial charge in [0.2, 0.25) is 0 Å². The van der Waals surface area contributed by atoms with Gasteiger partial charge < -0.3 is 11.1 Å². The molecule has 1 aliphatic rings. The molecule has 1 aromatic rings. The van der Waals surface area contributed by atoms with Crippen LogP contribution in [0.2, 0.25) is 0 Å². The first-order chi connectivity index (χ1) is 9.15. The number of carbonyl (C=O) groups is 1. The quantitative estimate of drug-likeness (QED) is 0.844. The predicted octanol–water partition coefficient (Wildman–Crippen LogP) is 0.819. The van der Waals surface area contributed by atoms with E-state index in [1.54, 1.807) is 0 Å². The smallest absolute Gasteiger partial charge is 0.313 e. The Hall–Kier alpha value is -1.59. The summed E-state index contributed by atoms with van der Waals surface area (Å²) in [6.07, 6.45) is 0.0105. The third-order valence-corrected chi connectivity index (χ3v) is 3.55. The molecule has 104 valence electrons. The van der Waals surface area contributed by atoms with Crippen LogP contribution in [0.5, 0.6) is 0 Å². The Morgan fingerprint density at radius 1 is 1.26 bits per heavy atom. The van der Waals surface area contributed by atoms with E-state index in [0.29, 0.717) is 0 Å². The van der Waals surface area contributed by atoms with Gasteiger partial charge in [-0.1, -0.05) is 30.3 Å². The van der Waals surface area contributed by atoms with Crippen LogP contribution in [0.3, 0.4) is 0 Å². The molecule has 0 aliphatic carbocycles. The van der Waals surface area contributed by atoms with Crippen LogP contribution in [0, 0.1) is 0 Å². The van der Waals surface area contributed by atoms with E-state index in [-0.39, 0.29) is 6.17 Å². The van der Waals surface area contributed by atoms with Gasteiger partial charge in [-0.3, -0.25) is 9.80 Å². The number of hydrogen-bond donors (Lipinski definition) is 2. The molecule has 0 spiro atoms. The van der Waals surface area contributed by atoms with Gasteiger partial charge in [0.25, 0.3) is 0 Å². The molecule has 5 heteroatoms. The minimum absolute atomic E-state index is 0.0105. The predicted molar refractivity (Wildman–Crippen MR) is 75.5 cm³/mol. The molecule has 1 aromatic carbocycles. The number of nitrogens with two attached hydrogens (primary N) is 1. The van der Waals surface area contributed by atoms with Crippen molar-refractivity contribution in [3.8, 4) is 0 Å². The fraction of sp³-hybridized carbons (Fsp3) is 0.500. The van der Waals surface area contributed by atoms with Gasteiger partial charge in [0.15, 0.2) is 0 Å². The molecule has 1 atom stereocenters. The van der Waals surface area contributed by atoms with Crippen LogP contribution in [0.1, 0.15) is 12.5 Å². The Morgan fingerprint density at radius 2 is 1.89 bits per heavy atom. The highest BCUT2D eigenvalue weighted by Crippen LogP contribution is 2.09. The van der Waals surface area contributed by atoms with Crippen LogP contribution >= 0.6 is 0 Å². The van der Waals surface area contributed by atoms with Crippen molar-refractivity contribution in [3.05, 3.63) is 35.9 Å². The molecule has 2 rings (SSSR count). The Balaban J connectivity index is 1.78. The third kappa shape index (κ3) is 4.22. The third-order valence-electron chi connectivity index (χ3n) is 3.55. The summed E-state index contributed by atoms with van der Waals surface area (Å²) < 4.78 is 0. The topological polar surface area (TPSA) is 61.6 Å². The van der Waals surface area contributed by atoms with Crippen molar-refractivity contribution < 1.29 is 4.79 Å². The number of nitrogens with zero attached hydrogens (tertiary/aromatic N) is 2. The molecular weight excluding hydrogens is 240 g/mol. The highest BCUT2D eigenvalue weighted by molar-refractivity contribution is 5.71. The highest BCUT2D eigenvalue weighted by Gasteiger charge is 2.21. The molecule has 0 radical (unpaired) electrons. The lowest BCUT2D eigenvalue weighted by molar-refractivity contribution is 0.0888. The van der Waals surface area contributed by atoms with Gasteiger partial charge in [-0.25, -0.2) is 4.79 Å². The van der Waals surface area contributed by atoms with Crippen molar-refractivity contribution >= 4 is 6.03 Å². The Morgan fingerprint density at radius 3 is 2.47 bits per heavy atom. The number of carbonyl (C=O) groups excluding carboxylic acids is 1. The van der Waals surface area contributed by atoms with Crippen LogP contribution in [0.15, 0.2) is 30.3 Å². The van der Waals surface area contributed by atoms with E-state index in [2.05, 4.69) is 39.4 Å². The van der Waals surface area contributed by atoms with E-state index < -0.39 is 6.03 Å². The number of piperazine rings is 1. The summed E-state index contributed by atoms with van der Waals surface area (Å²) >= 11 is 0. The zero-order chi connectivity index (χ0) is 13.7. The molecule has 3 N–H and O–H groups in total. The fourth-order valence-corrected chi connectivity index (χ4v) is 2.45. The van der Waals surface area contributed by atoms with E-state index in [1.165, 1.54) is 5.56 Å². The van der Waals surface area contributed by atoms with Crippen molar-refractivity contribution in [2.24, 2.45) is 5.73 Å². The van der Waals surface area contributed by atoms with Gasteiger partial charge in [0.1, 0.15) is 0 Å². The Bertz CT molecular complexity index is 401. The van der Waals surface area contributed by atoms with Crippen molar-refractivity contribution in [1.82, 2.24) is 15.1 Å². The summed E-state index contributed by atoms with van der Waals surface area (Å²) in [7, 11) is 0. The van der Waals surface area contributed by atoms with E-state index >= 15 is 0 Å². The lowest BCUT2D eigenvalue weighted by Gasteiger charge is -2.37. The first-order valence-electron chi connectivity index (χ1n) is 6.71. The molecule has 0 bridgehead atoms. The van der Waals surface area contributed by atoms with Crippen molar-refractivity contribution in [1.29, 1.82) is 0 Å². The van der Waals surface area contributed by atoms with Crippen LogP contribution in [-0.2, 0) is 6.54 Å². The summed E-state index contributed by atoms with van der Waals surface area (Å²) in [5, 5.41) is 2.72. The molecule has 1 aliphatic heterocycles. The number of amides is 2. The van der Waals surface area contributed by atoms with Gasteiger partial charge >= 0.3 is 6.03 Å². The van der Waals surface area contributed by atoms with Crippen LogP contribution in [0.25, 0.3) is 0 Å². The number of rotatable bonds is 4. The van der Waals surface area contributed by atoms with Gasteiger partial charge in [-0.2, -0.15) is 0 Å². The summed E-state index contributed by atoms with van der Waals surface area (Å²) in [4.78, 5) is 15.5. The van der Waals surface area contributed by atoms with Crippen molar-refractivity contribution in [3.63, 3.8) is 0 Å². The second kappa shape index (κ2) is 6.54. The maximum Gasteiger partial charge on any atom is 0.313 e. The normalized spacial score (nSPS) is 19.0. The number of primary amides is 1. The molecule has 1 fully saturated rings. The van der Waals surface area contributed by atoms with Crippen molar-refractivity contribution in [2.45, 2.75) is 19.6 Å². The maximum absolute atomic E-state index is 10.8. The van der Waals surface area contributed by atoms with Crippen molar-refractivity contribution in [2.75, 3.05) is 26.2 Å². The molecule has 0 aromatic heterocycles.